The normalized spacial score (nSPS) is 31.5. The quantitative estimate of drug-likeness (QED) is 0.745. The van der Waals surface area contributed by atoms with Crippen LogP contribution < -0.4 is 10.6 Å². The second kappa shape index (κ2) is 7.18. The first kappa shape index (κ1) is 16.1. The van der Waals surface area contributed by atoms with E-state index in [2.05, 4.69) is 10.6 Å². The predicted molar refractivity (Wildman–Crippen MR) is 84.6 cm³/mol. The maximum atomic E-state index is 12.0. The van der Waals surface area contributed by atoms with Gasteiger partial charge in [0.1, 0.15) is 0 Å². The van der Waals surface area contributed by atoms with Gasteiger partial charge < -0.3 is 20.5 Å². The van der Waals surface area contributed by atoms with Gasteiger partial charge in [-0.25, -0.2) is 4.79 Å². The van der Waals surface area contributed by atoms with Crippen LogP contribution in [0, 0.1) is 11.3 Å². The molecule has 0 aromatic carbocycles. The topological polar surface area (TPSA) is 70.6 Å². The van der Waals surface area contributed by atoms with Crippen LogP contribution in [0.3, 0.4) is 0 Å². The van der Waals surface area contributed by atoms with Gasteiger partial charge in [0, 0.05) is 18.0 Å². The van der Waals surface area contributed by atoms with Crippen LogP contribution in [0.1, 0.15) is 57.8 Å². The number of amides is 2. The van der Waals surface area contributed by atoms with Crippen LogP contribution in [0.5, 0.6) is 0 Å². The molecule has 5 nitrogen and oxygen atoms in total. The summed E-state index contributed by atoms with van der Waals surface area (Å²) >= 11 is 0. The summed E-state index contributed by atoms with van der Waals surface area (Å²) in [7, 11) is 0. The van der Waals surface area contributed by atoms with Gasteiger partial charge in [-0.2, -0.15) is 0 Å². The van der Waals surface area contributed by atoms with Crippen LogP contribution >= 0.6 is 0 Å². The maximum absolute atomic E-state index is 12.0. The zero-order valence-electron chi connectivity index (χ0n) is 13.5. The fourth-order valence-corrected chi connectivity index (χ4v) is 4.19. The van der Waals surface area contributed by atoms with Crippen LogP contribution in [-0.4, -0.2) is 43.0 Å². The van der Waals surface area contributed by atoms with Crippen LogP contribution in [0.4, 0.5) is 4.79 Å². The van der Waals surface area contributed by atoms with Gasteiger partial charge in [0.2, 0.25) is 0 Å². The molecule has 126 valence electrons. The highest BCUT2D eigenvalue weighted by atomic mass is 16.5. The Hall–Kier alpha value is -0.810. The number of nitrogens with one attached hydrogen (secondary N) is 2. The monoisotopic (exact) mass is 310 g/mol. The number of hydrogen-bond donors (Lipinski definition) is 3. The van der Waals surface area contributed by atoms with Crippen LogP contribution in [0.2, 0.25) is 0 Å². The van der Waals surface area contributed by atoms with Crippen molar-refractivity contribution in [2.45, 2.75) is 69.9 Å². The number of urea groups is 1. The molecule has 2 aliphatic carbocycles. The molecule has 0 radical (unpaired) electrons. The van der Waals surface area contributed by atoms with Gasteiger partial charge in [-0.1, -0.05) is 12.8 Å². The first-order valence-electron chi connectivity index (χ1n) is 8.97. The molecule has 22 heavy (non-hydrogen) atoms. The van der Waals surface area contributed by atoms with Crippen molar-refractivity contribution in [3.63, 3.8) is 0 Å². The molecule has 0 aromatic heterocycles. The van der Waals surface area contributed by atoms with Gasteiger partial charge in [-0.15, -0.1) is 0 Å². The van der Waals surface area contributed by atoms with Crippen LogP contribution in [0.15, 0.2) is 0 Å². The summed E-state index contributed by atoms with van der Waals surface area (Å²) in [6, 6.07) is 0.266. The molecule has 1 saturated heterocycles. The standard InChI is InChI=1S/C17H30N2O3/c20-15-4-2-1-3-13(15)7-10-18-16(21)19-14-5-8-17(9-6-14)11-22-12-17/h13-15,20H,1-12H2,(H2,18,19,21)/t13-,15-/m1/s1. The Labute approximate surface area is 133 Å². The van der Waals surface area contributed by atoms with E-state index in [9.17, 15) is 9.90 Å². The summed E-state index contributed by atoms with van der Waals surface area (Å²) < 4.78 is 5.33. The molecule has 3 N–H and O–H groups in total. The Kier molecular flexibility index (Phi) is 5.24. The largest absolute Gasteiger partial charge is 0.393 e. The van der Waals surface area contributed by atoms with Crippen molar-refractivity contribution in [2.24, 2.45) is 11.3 Å². The molecule has 2 saturated carbocycles. The fraction of sp³-hybridized carbons (Fsp3) is 0.941. The van der Waals surface area contributed by atoms with Crippen molar-refractivity contribution in [3.8, 4) is 0 Å². The molecule has 3 fully saturated rings. The predicted octanol–water partition coefficient (Wildman–Crippen LogP) is 2.19. The second-order valence-electron chi connectivity index (χ2n) is 7.57. The number of carbonyl (C=O) groups excluding carboxylic acids is 1. The molecule has 1 aliphatic heterocycles. The lowest BCUT2D eigenvalue weighted by Gasteiger charge is -2.46. The third kappa shape index (κ3) is 3.93. The zero-order chi connectivity index (χ0) is 15.4. The highest BCUT2D eigenvalue weighted by Crippen LogP contribution is 2.42. The SMILES string of the molecule is O=C(NCC[C@H]1CCCC[C@H]1O)NC1CCC2(CC1)COC2. The zero-order valence-corrected chi connectivity index (χ0v) is 13.5. The van der Waals surface area contributed by atoms with Crippen molar-refractivity contribution >= 4 is 6.03 Å². The highest BCUT2D eigenvalue weighted by Gasteiger charge is 2.41. The fourth-order valence-electron chi connectivity index (χ4n) is 4.19. The summed E-state index contributed by atoms with van der Waals surface area (Å²) in [5, 5.41) is 16.0. The second-order valence-corrected chi connectivity index (χ2v) is 7.57. The van der Waals surface area contributed by atoms with Crippen LogP contribution in [0.25, 0.3) is 0 Å². The Morgan fingerprint density at radius 3 is 2.50 bits per heavy atom. The molecule has 1 heterocycles. The average molecular weight is 310 g/mol. The molecule has 3 aliphatic rings. The van der Waals surface area contributed by atoms with E-state index in [1.54, 1.807) is 0 Å². The van der Waals surface area contributed by atoms with E-state index < -0.39 is 0 Å². The Morgan fingerprint density at radius 1 is 1.14 bits per heavy atom. The van der Waals surface area contributed by atoms with E-state index >= 15 is 0 Å². The van der Waals surface area contributed by atoms with Gasteiger partial charge in [0.05, 0.1) is 19.3 Å². The maximum Gasteiger partial charge on any atom is 0.315 e. The lowest BCUT2D eigenvalue weighted by molar-refractivity contribution is -0.133. The van der Waals surface area contributed by atoms with Gasteiger partial charge in [-0.05, 0) is 50.9 Å². The molecule has 5 heteroatoms. The van der Waals surface area contributed by atoms with E-state index in [-0.39, 0.29) is 12.1 Å². The molecule has 0 unspecified atom stereocenters. The van der Waals surface area contributed by atoms with Crippen LogP contribution in [-0.2, 0) is 4.74 Å². The van der Waals surface area contributed by atoms with Gasteiger partial charge in [-0.3, -0.25) is 0 Å². The molecule has 1 spiro atoms. The molecular weight excluding hydrogens is 280 g/mol. The minimum absolute atomic E-state index is 0.0453. The third-order valence-electron chi connectivity index (χ3n) is 5.87. The van der Waals surface area contributed by atoms with E-state index in [1.165, 1.54) is 19.3 Å². The summed E-state index contributed by atoms with van der Waals surface area (Å²) in [6.07, 6.45) is 9.56. The summed E-state index contributed by atoms with van der Waals surface area (Å²) in [5.74, 6) is 0.363. The first-order valence-corrected chi connectivity index (χ1v) is 8.97. The van der Waals surface area contributed by atoms with Crippen molar-refractivity contribution in [2.75, 3.05) is 19.8 Å². The molecule has 0 aromatic rings. The van der Waals surface area contributed by atoms with Gasteiger partial charge >= 0.3 is 6.03 Å². The molecule has 2 amide bonds. The lowest BCUT2D eigenvalue weighted by Crippen LogP contribution is -2.50. The number of aliphatic hydroxyl groups excluding tert-OH is 1. The Balaban J connectivity index is 1.29. The van der Waals surface area contributed by atoms with Crippen molar-refractivity contribution < 1.29 is 14.6 Å². The van der Waals surface area contributed by atoms with E-state index in [4.69, 9.17) is 4.74 Å². The average Bonchev–Trinajstić information content (AvgIpc) is 2.48. The molecular formula is C17H30N2O3. The van der Waals surface area contributed by atoms with E-state index in [0.29, 0.717) is 23.9 Å². The number of rotatable bonds is 4. The summed E-state index contributed by atoms with van der Waals surface area (Å²) in [4.78, 5) is 12.0. The van der Waals surface area contributed by atoms with E-state index in [1.807, 2.05) is 0 Å². The molecule has 3 rings (SSSR count). The van der Waals surface area contributed by atoms with Gasteiger partial charge in [0.25, 0.3) is 0 Å². The number of ether oxygens (including phenoxy) is 1. The minimum atomic E-state index is -0.169. The summed E-state index contributed by atoms with van der Waals surface area (Å²) in [6.45, 7) is 2.49. The number of aliphatic hydroxyl groups is 1. The van der Waals surface area contributed by atoms with Crippen molar-refractivity contribution in [1.29, 1.82) is 0 Å². The lowest BCUT2D eigenvalue weighted by atomic mass is 9.71. The molecule has 0 bridgehead atoms. The van der Waals surface area contributed by atoms with Gasteiger partial charge in [0.15, 0.2) is 0 Å². The number of carbonyl (C=O) groups is 1. The number of hydrogen-bond acceptors (Lipinski definition) is 3. The highest BCUT2D eigenvalue weighted by molar-refractivity contribution is 5.74. The van der Waals surface area contributed by atoms with Crippen molar-refractivity contribution in [1.82, 2.24) is 10.6 Å². The summed E-state index contributed by atoms with van der Waals surface area (Å²) in [5.41, 5.74) is 0.436. The smallest absolute Gasteiger partial charge is 0.315 e. The first-order chi connectivity index (χ1) is 10.7. The minimum Gasteiger partial charge on any atom is -0.393 e. The Bertz CT molecular complexity index is 374. The van der Waals surface area contributed by atoms with Crippen molar-refractivity contribution in [3.05, 3.63) is 0 Å². The van der Waals surface area contributed by atoms with E-state index in [0.717, 1.165) is 51.7 Å². The molecule has 2 atom stereocenters. The third-order valence-corrected chi connectivity index (χ3v) is 5.87. The Morgan fingerprint density at radius 2 is 1.86 bits per heavy atom.